The number of carbonyl (C=O) groups excluding carboxylic acids is 1. The van der Waals surface area contributed by atoms with Gasteiger partial charge in [0.1, 0.15) is 6.61 Å². The van der Waals surface area contributed by atoms with Crippen molar-refractivity contribution >= 4 is 22.8 Å². The van der Waals surface area contributed by atoms with Crippen molar-refractivity contribution in [2.75, 3.05) is 7.05 Å². The van der Waals surface area contributed by atoms with Crippen molar-refractivity contribution in [1.29, 1.82) is 0 Å². The van der Waals surface area contributed by atoms with E-state index in [1.54, 1.807) is 7.05 Å². The Morgan fingerprint density at radius 2 is 2.26 bits per heavy atom. The summed E-state index contributed by atoms with van der Waals surface area (Å²) in [5.41, 5.74) is 4.41. The zero-order chi connectivity index (χ0) is 16.7. The molecule has 7 nitrogen and oxygen atoms in total. The van der Waals surface area contributed by atoms with E-state index >= 15 is 0 Å². The molecule has 122 valence electrons. The first-order valence-corrected chi connectivity index (χ1v) is 7.96. The van der Waals surface area contributed by atoms with Crippen LogP contribution < -0.4 is 5.43 Å². The van der Waals surface area contributed by atoms with Crippen LogP contribution in [0.1, 0.15) is 25.3 Å². The molecule has 1 N–H and O–H groups in total. The maximum Gasteiger partial charge on any atom is 0.302 e. The first-order valence-electron chi connectivity index (χ1n) is 6.97. The Hall–Kier alpha value is -2.35. The third-order valence-electron chi connectivity index (χ3n) is 2.77. The Bertz CT molecular complexity index is 700. The van der Waals surface area contributed by atoms with Gasteiger partial charge in [-0.2, -0.15) is 10.1 Å². The van der Waals surface area contributed by atoms with E-state index < -0.39 is 0 Å². The van der Waals surface area contributed by atoms with Gasteiger partial charge in [0.2, 0.25) is 11.7 Å². The number of nitrogens with one attached hydrogen (secondary N) is 1. The SMILES string of the molecule is CN/N=C(\C)SCc1nc(-c2cccc(COC(C)=O)c2)no1. The monoisotopic (exact) mass is 334 g/mol. The zero-order valence-electron chi connectivity index (χ0n) is 13.2. The van der Waals surface area contributed by atoms with Gasteiger partial charge in [-0.25, -0.2) is 0 Å². The van der Waals surface area contributed by atoms with Crippen LogP contribution in [0.3, 0.4) is 0 Å². The third kappa shape index (κ3) is 5.41. The maximum absolute atomic E-state index is 10.9. The van der Waals surface area contributed by atoms with Gasteiger partial charge in [0.05, 0.1) is 10.8 Å². The summed E-state index contributed by atoms with van der Waals surface area (Å²) in [6.45, 7) is 3.51. The summed E-state index contributed by atoms with van der Waals surface area (Å²) >= 11 is 1.51. The number of hydrazone groups is 1. The van der Waals surface area contributed by atoms with E-state index in [2.05, 4.69) is 20.7 Å². The highest BCUT2D eigenvalue weighted by Crippen LogP contribution is 2.20. The highest BCUT2D eigenvalue weighted by molar-refractivity contribution is 8.13. The van der Waals surface area contributed by atoms with Gasteiger partial charge in [-0.3, -0.25) is 4.79 Å². The minimum Gasteiger partial charge on any atom is -0.461 e. The van der Waals surface area contributed by atoms with Crippen LogP contribution in [0.2, 0.25) is 0 Å². The van der Waals surface area contributed by atoms with Gasteiger partial charge < -0.3 is 14.7 Å². The molecule has 0 spiro atoms. The number of aromatic nitrogens is 2. The molecule has 8 heteroatoms. The first-order chi connectivity index (χ1) is 11.1. The van der Waals surface area contributed by atoms with Gasteiger partial charge in [-0.15, -0.1) is 0 Å². The molecule has 0 radical (unpaired) electrons. The van der Waals surface area contributed by atoms with E-state index in [0.29, 0.717) is 17.5 Å². The van der Waals surface area contributed by atoms with E-state index in [1.807, 2.05) is 31.2 Å². The number of nitrogens with zero attached hydrogens (tertiary/aromatic N) is 3. The van der Waals surface area contributed by atoms with Gasteiger partial charge in [0, 0.05) is 19.5 Å². The Kier molecular flexibility index (Phi) is 6.16. The molecule has 0 atom stereocenters. The molecule has 0 bridgehead atoms. The van der Waals surface area contributed by atoms with Crippen LogP contribution in [0.25, 0.3) is 11.4 Å². The van der Waals surface area contributed by atoms with Crippen molar-refractivity contribution in [3.05, 3.63) is 35.7 Å². The molecule has 0 amide bonds. The highest BCUT2D eigenvalue weighted by atomic mass is 32.2. The summed E-state index contributed by atoms with van der Waals surface area (Å²) in [5.74, 6) is 1.28. The lowest BCUT2D eigenvalue weighted by molar-refractivity contribution is -0.142. The van der Waals surface area contributed by atoms with Crippen LogP contribution in [-0.2, 0) is 21.9 Å². The van der Waals surface area contributed by atoms with Gasteiger partial charge in [0.15, 0.2) is 0 Å². The van der Waals surface area contributed by atoms with Crippen molar-refractivity contribution in [2.45, 2.75) is 26.2 Å². The Morgan fingerprint density at radius 1 is 1.43 bits per heavy atom. The van der Waals surface area contributed by atoms with Crippen LogP contribution >= 0.6 is 11.8 Å². The van der Waals surface area contributed by atoms with Crippen LogP contribution in [0, 0.1) is 0 Å². The third-order valence-corrected chi connectivity index (χ3v) is 3.67. The Morgan fingerprint density at radius 3 is 3.00 bits per heavy atom. The summed E-state index contributed by atoms with van der Waals surface area (Å²) in [6.07, 6.45) is 0. The summed E-state index contributed by atoms with van der Waals surface area (Å²) in [7, 11) is 1.75. The summed E-state index contributed by atoms with van der Waals surface area (Å²) < 4.78 is 10.2. The summed E-state index contributed by atoms with van der Waals surface area (Å²) in [6, 6.07) is 7.49. The molecule has 1 aromatic carbocycles. The van der Waals surface area contributed by atoms with Crippen molar-refractivity contribution < 1.29 is 14.1 Å². The van der Waals surface area contributed by atoms with E-state index in [9.17, 15) is 4.79 Å². The molecule has 0 aliphatic carbocycles. The van der Waals surface area contributed by atoms with E-state index in [0.717, 1.165) is 16.2 Å². The number of hydrogen-bond donors (Lipinski definition) is 1. The molecule has 0 aliphatic rings. The van der Waals surface area contributed by atoms with Gasteiger partial charge in [0.25, 0.3) is 0 Å². The van der Waals surface area contributed by atoms with E-state index in [-0.39, 0.29) is 12.6 Å². The van der Waals surface area contributed by atoms with Gasteiger partial charge in [-0.05, 0) is 18.6 Å². The zero-order valence-corrected chi connectivity index (χ0v) is 14.0. The normalized spacial score (nSPS) is 11.3. The fraction of sp³-hybridized carbons (Fsp3) is 0.333. The number of carbonyl (C=O) groups is 1. The van der Waals surface area contributed by atoms with Crippen molar-refractivity contribution in [3.8, 4) is 11.4 Å². The number of esters is 1. The Balaban J connectivity index is 2.03. The molecule has 0 saturated carbocycles. The van der Waals surface area contributed by atoms with Crippen LogP contribution in [0.15, 0.2) is 33.9 Å². The van der Waals surface area contributed by atoms with E-state index in [4.69, 9.17) is 9.26 Å². The summed E-state index contributed by atoms with van der Waals surface area (Å²) in [4.78, 5) is 15.2. The highest BCUT2D eigenvalue weighted by Gasteiger charge is 2.10. The molecule has 0 saturated heterocycles. The summed E-state index contributed by atoms with van der Waals surface area (Å²) in [5, 5.41) is 8.92. The molecule has 1 aromatic heterocycles. The van der Waals surface area contributed by atoms with Crippen molar-refractivity contribution in [1.82, 2.24) is 15.6 Å². The van der Waals surface area contributed by atoms with E-state index in [1.165, 1.54) is 18.7 Å². The number of ether oxygens (including phenoxy) is 1. The largest absolute Gasteiger partial charge is 0.461 e. The second-order valence-corrected chi connectivity index (χ2v) is 5.80. The van der Waals surface area contributed by atoms with Crippen LogP contribution in [-0.4, -0.2) is 28.2 Å². The predicted molar refractivity (Wildman–Crippen MR) is 88.7 cm³/mol. The van der Waals surface area contributed by atoms with Gasteiger partial charge in [-0.1, -0.05) is 35.1 Å². The van der Waals surface area contributed by atoms with Crippen molar-refractivity contribution in [2.24, 2.45) is 5.10 Å². The number of rotatable bonds is 6. The average molecular weight is 334 g/mol. The molecule has 0 aliphatic heterocycles. The van der Waals surface area contributed by atoms with Gasteiger partial charge >= 0.3 is 5.97 Å². The molecule has 1 heterocycles. The second-order valence-electron chi connectivity index (χ2n) is 4.64. The molecular weight excluding hydrogens is 316 g/mol. The molecule has 23 heavy (non-hydrogen) atoms. The molecular formula is C15H18N4O3S. The molecule has 0 fully saturated rings. The van der Waals surface area contributed by atoms with Crippen LogP contribution in [0.4, 0.5) is 0 Å². The minimum atomic E-state index is -0.312. The minimum absolute atomic E-state index is 0.226. The number of thioether (sulfide) groups is 1. The fourth-order valence-corrected chi connectivity index (χ4v) is 2.38. The fourth-order valence-electron chi connectivity index (χ4n) is 1.77. The van der Waals surface area contributed by atoms with Crippen molar-refractivity contribution in [3.63, 3.8) is 0 Å². The predicted octanol–water partition coefficient (Wildman–Crippen LogP) is 2.59. The number of benzene rings is 1. The second kappa shape index (κ2) is 8.33. The average Bonchev–Trinajstić information content (AvgIpc) is 3.00. The lowest BCUT2D eigenvalue weighted by atomic mass is 10.1. The number of hydrogen-bond acceptors (Lipinski definition) is 8. The molecule has 0 unspecified atom stereocenters. The molecule has 2 aromatic rings. The topological polar surface area (TPSA) is 89.6 Å². The molecule has 2 rings (SSSR count). The quantitative estimate of drug-likeness (QED) is 0.376. The lowest BCUT2D eigenvalue weighted by Gasteiger charge is -2.03. The maximum atomic E-state index is 10.9. The standard InChI is InChI=1S/C15H18N4O3S/c1-10(18-16-3)23-9-14-17-15(19-22-14)13-6-4-5-12(7-13)8-21-11(2)20/h4-7,16H,8-9H2,1-3H3/b18-10+. The van der Waals surface area contributed by atoms with Crippen LogP contribution in [0.5, 0.6) is 0 Å². The lowest BCUT2D eigenvalue weighted by Crippen LogP contribution is -1.99. The Labute approximate surface area is 138 Å². The first kappa shape index (κ1) is 17.0. The smallest absolute Gasteiger partial charge is 0.302 e.